The molecule has 11 heavy (non-hydrogen) atoms. The SMILES string of the molecule is C/C=C/CC.CC/C=C/CC. The maximum absolute atomic E-state index is 2.18. The van der Waals surface area contributed by atoms with Gasteiger partial charge in [-0.2, -0.15) is 0 Å². The Labute approximate surface area is 72.0 Å². The molecule has 0 aromatic rings. The highest BCUT2D eigenvalue weighted by Gasteiger charge is 1.60. The normalized spacial score (nSPS) is 10.2. The van der Waals surface area contributed by atoms with Gasteiger partial charge < -0.3 is 0 Å². The first-order chi connectivity index (χ1) is 5.33. The molecule has 0 spiro atoms. The summed E-state index contributed by atoms with van der Waals surface area (Å²) >= 11 is 0. The quantitative estimate of drug-likeness (QED) is 0.531. The van der Waals surface area contributed by atoms with Gasteiger partial charge >= 0.3 is 0 Å². The lowest BCUT2D eigenvalue weighted by atomic mass is 10.4. The second-order valence-corrected chi connectivity index (χ2v) is 2.27. The summed E-state index contributed by atoms with van der Waals surface area (Å²) < 4.78 is 0. The Balaban J connectivity index is 0. The van der Waals surface area contributed by atoms with Crippen LogP contribution in [0.1, 0.15) is 47.0 Å². The Morgan fingerprint density at radius 2 is 1.09 bits per heavy atom. The average molecular weight is 154 g/mol. The molecule has 0 unspecified atom stereocenters. The fraction of sp³-hybridized carbons (Fsp3) is 0.636. The van der Waals surface area contributed by atoms with Crippen LogP contribution in [0, 0.1) is 0 Å². The molecule has 0 aliphatic heterocycles. The molecule has 0 aromatic carbocycles. The van der Waals surface area contributed by atoms with Crippen molar-refractivity contribution in [3.63, 3.8) is 0 Å². The first-order valence-corrected chi connectivity index (χ1v) is 4.59. The highest BCUT2D eigenvalue weighted by Crippen LogP contribution is 1.81. The van der Waals surface area contributed by atoms with Crippen LogP contribution in [0.15, 0.2) is 24.3 Å². The monoisotopic (exact) mass is 154 g/mol. The van der Waals surface area contributed by atoms with Crippen LogP contribution in [-0.4, -0.2) is 0 Å². The number of hydrogen-bond donors (Lipinski definition) is 0. The Bertz CT molecular complexity index is 82.2. The minimum Gasteiger partial charge on any atom is -0.0917 e. The molecule has 0 atom stereocenters. The molecule has 0 aromatic heterocycles. The summed E-state index contributed by atoms with van der Waals surface area (Å²) in [5.74, 6) is 0. The van der Waals surface area contributed by atoms with Crippen molar-refractivity contribution in [3.8, 4) is 0 Å². The fourth-order valence-corrected chi connectivity index (χ4v) is 0.569. The van der Waals surface area contributed by atoms with Gasteiger partial charge in [0.05, 0.1) is 0 Å². The van der Waals surface area contributed by atoms with E-state index in [9.17, 15) is 0 Å². The van der Waals surface area contributed by atoms with Gasteiger partial charge in [-0.25, -0.2) is 0 Å². The van der Waals surface area contributed by atoms with Crippen molar-refractivity contribution >= 4 is 0 Å². The molecule has 0 saturated carbocycles. The van der Waals surface area contributed by atoms with Gasteiger partial charge in [-0.1, -0.05) is 45.1 Å². The fourth-order valence-electron chi connectivity index (χ4n) is 0.569. The predicted molar refractivity (Wildman–Crippen MR) is 54.8 cm³/mol. The van der Waals surface area contributed by atoms with Gasteiger partial charge in [0.1, 0.15) is 0 Å². The topological polar surface area (TPSA) is 0 Å². The molecule has 0 amide bonds. The van der Waals surface area contributed by atoms with Crippen molar-refractivity contribution in [2.45, 2.75) is 47.0 Å². The average Bonchev–Trinajstić information content (AvgIpc) is 2.04. The van der Waals surface area contributed by atoms with Crippen molar-refractivity contribution in [1.29, 1.82) is 0 Å². The van der Waals surface area contributed by atoms with E-state index in [0.29, 0.717) is 0 Å². The third-order valence-corrected chi connectivity index (χ3v) is 1.11. The van der Waals surface area contributed by atoms with Gasteiger partial charge in [-0.3, -0.25) is 0 Å². The zero-order valence-corrected chi connectivity index (χ0v) is 8.43. The maximum atomic E-state index is 2.18. The Hall–Kier alpha value is -0.520. The standard InChI is InChI=1S/C6H12.C5H10/c1-3-5-6-4-2;1-3-5-4-2/h5-6H,3-4H2,1-2H3;3,5H,4H2,1-2H3/b6-5+;5-3+. The number of hydrogen-bond acceptors (Lipinski definition) is 0. The van der Waals surface area contributed by atoms with E-state index in [1.165, 1.54) is 12.8 Å². The van der Waals surface area contributed by atoms with Crippen molar-refractivity contribution in [2.75, 3.05) is 0 Å². The molecule has 0 saturated heterocycles. The molecule has 0 rings (SSSR count). The van der Waals surface area contributed by atoms with E-state index < -0.39 is 0 Å². The van der Waals surface area contributed by atoms with Crippen molar-refractivity contribution < 1.29 is 0 Å². The molecule has 0 aliphatic carbocycles. The van der Waals surface area contributed by atoms with E-state index in [1.807, 2.05) is 6.92 Å². The van der Waals surface area contributed by atoms with Crippen LogP contribution < -0.4 is 0 Å². The molecule has 0 N–H and O–H groups in total. The Morgan fingerprint density at radius 3 is 1.18 bits per heavy atom. The van der Waals surface area contributed by atoms with E-state index in [4.69, 9.17) is 0 Å². The molecular weight excluding hydrogens is 132 g/mol. The van der Waals surface area contributed by atoms with E-state index in [0.717, 1.165) is 6.42 Å². The summed E-state index contributed by atoms with van der Waals surface area (Å²) in [7, 11) is 0. The lowest BCUT2D eigenvalue weighted by molar-refractivity contribution is 1.16. The maximum Gasteiger partial charge on any atom is -0.0379 e. The lowest BCUT2D eigenvalue weighted by Crippen LogP contribution is -1.51. The minimum absolute atomic E-state index is 1.16. The van der Waals surface area contributed by atoms with E-state index in [1.54, 1.807) is 0 Å². The number of allylic oxidation sites excluding steroid dienone is 4. The van der Waals surface area contributed by atoms with Gasteiger partial charge in [0.25, 0.3) is 0 Å². The third kappa shape index (κ3) is 26.4. The van der Waals surface area contributed by atoms with Crippen molar-refractivity contribution in [1.82, 2.24) is 0 Å². The summed E-state index contributed by atoms with van der Waals surface area (Å²) in [4.78, 5) is 0. The molecule has 0 aliphatic rings. The Kier molecular flexibility index (Phi) is 19.3. The van der Waals surface area contributed by atoms with Gasteiger partial charge in [-0.15, -0.1) is 0 Å². The third-order valence-electron chi connectivity index (χ3n) is 1.11. The van der Waals surface area contributed by atoms with Gasteiger partial charge in [0.2, 0.25) is 0 Å². The highest BCUT2D eigenvalue weighted by molar-refractivity contribution is 4.77. The van der Waals surface area contributed by atoms with E-state index in [-0.39, 0.29) is 0 Å². The van der Waals surface area contributed by atoms with E-state index >= 15 is 0 Å². The molecule has 0 fully saturated rings. The second kappa shape index (κ2) is 16.2. The summed E-state index contributed by atoms with van der Waals surface area (Å²) in [6, 6.07) is 0. The van der Waals surface area contributed by atoms with Crippen LogP contribution in [0.2, 0.25) is 0 Å². The second-order valence-electron chi connectivity index (χ2n) is 2.27. The largest absolute Gasteiger partial charge is 0.0917 e. The van der Waals surface area contributed by atoms with Crippen LogP contribution in [0.5, 0.6) is 0 Å². The van der Waals surface area contributed by atoms with Crippen LogP contribution >= 0.6 is 0 Å². The first kappa shape index (κ1) is 13.1. The Morgan fingerprint density at radius 1 is 0.727 bits per heavy atom. The van der Waals surface area contributed by atoms with Crippen LogP contribution in [0.25, 0.3) is 0 Å². The van der Waals surface area contributed by atoms with Crippen LogP contribution in [-0.2, 0) is 0 Å². The van der Waals surface area contributed by atoms with Crippen LogP contribution in [0.4, 0.5) is 0 Å². The summed E-state index contributed by atoms with van der Waals surface area (Å²) in [5.41, 5.74) is 0. The molecule has 66 valence electrons. The lowest BCUT2D eigenvalue weighted by Gasteiger charge is -1.72. The van der Waals surface area contributed by atoms with Crippen molar-refractivity contribution in [3.05, 3.63) is 24.3 Å². The molecule has 0 heterocycles. The predicted octanol–water partition coefficient (Wildman–Crippen LogP) is 4.34. The first-order valence-electron chi connectivity index (χ1n) is 4.59. The molecule has 0 heteroatoms. The zero-order valence-electron chi connectivity index (χ0n) is 8.43. The summed E-state index contributed by atoms with van der Waals surface area (Å²) in [6.45, 7) is 8.45. The molecule has 0 bridgehead atoms. The smallest absolute Gasteiger partial charge is 0.0379 e. The summed E-state index contributed by atoms with van der Waals surface area (Å²) in [6.07, 6.45) is 12.1. The molecule has 0 radical (unpaired) electrons. The van der Waals surface area contributed by atoms with Gasteiger partial charge in [-0.05, 0) is 26.2 Å². The molecular formula is C11H22. The highest BCUT2D eigenvalue weighted by atomic mass is 13.7. The van der Waals surface area contributed by atoms with Crippen molar-refractivity contribution in [2.24, 2.45) is 0 Å². The van der Waals surface area contributed by atoms with Gasteiger partial charge in [0, 0.05) is 0 Å². The van der Waals surface area contributed by atoms with Gasteiger partial charge in [0.15, 0.2) is 0 Å². The van der Waals surface area contributed by atoms with E-state index in [2.05, 4.69) is 45.1 Å². The molecule has 0 nitrogen and oxygen atoms in total. The van der Waals surface area contributed by atoms with Crippen LogP contribution in [0.3, 0.4) is 0 Å². The number of rotatable bonds is 3. The minimum atomic E-state index is 1.16. The summed E-state index contributed by atoms with van der Waals surface area (Å²) in [5, 5.41) is 0. The zero-order chi connectivity index (χ0) is 8.95.